The van der Waals surface area contributed by atoms with Crippen LogP contribution < -0.4 is 10.2 Å². The van der Waals surface area contributed by atoms with Crippen molar-refractivity contribution in [2.75, 3.05) is 42.9 Å². The Morgan fingerprint density at radius 3 is 2.50 bits per heavy atom. The van der Waals surface area contributed by atoms with Crippen LogP contribution in [0.3, 0.4) is 0 Å². The number of pyridine rings is 1. The monoisotopic (exact) mass is 541 g/mol. The fourth-order valence-electron chi connectivity index (χ4n) is 5.19. The molecule has 210 valence electrons. The zero-order chi connectivity index (χ0) is 28.4. The predicted octanol–water partition coefficient (Wildman–Crippen LogP) is 4.68. The summed E-state index contributed by atoms with van der Waals surface area (Å²) in [5, 5.41) is 16.4. The highest BCUT2D eigenvalue weighted by molar-refractivity contribution is 6.03. The van der Waals surface area contributed by atoms with Gasteiger partial charge in [-0.25, -0.2) is 4.68 Å². The van der Waals surface area contributed by atoms with Crippen molar-refractivity contribution in [3.63, 3.8) is 0 Å². The molecule has 4 aromatic rings. The van der Waals surface area contributed by atoms with E-state index in [1.807, 2.05) is 61.4 Å². The first-order valence-electron chi connectivity index (χ1n) is 14.0. The van der Waals surface area contributed by atoms with Crippen molar-refractivity contribution in [2.45, 2.75) is 53.5 Å². The lowest BCUT2D eigenvalue weighted by atomic mass is 10.1. The molecule has 1 N–H and O–H groups in total. The van der Waals surface area contributed by atoms with Gasteiger partial charge in [-0.2, -0.15) is 5.10 Å². The number of benzene rings is 1. The lowest BCUT2D eigenvalue weighted by Gasteiger charge is -2.35. The van der Waals surface area contributed by atoms with Gasteiger partial charge in [0.2, 0.25) is 0 Å². The molecular weight excluding hydrogens is 502 g/mol. The van der Waals surface area contributed by atoms with Gasteiger partial charge in [-0.15, -0.1) is 5.10 Å². The third-order valence-corrected chi connectivity index (χ3v) is 7.26. The van der Waals surface area contributed by atoms with E-state index < -0.39 is 0 Å². The van der Waals surface area contributed by atoms with Crippen LogP contribution in [0.2, 0.25) is 0 Å². The van der Waals surface area contributed by atoms with Crippen LogP contribution in [-0.2, 0) is 5.54 Å². The second-order valence-corrected chi connectivity index (χ2v) is 11.5. The third kappa shape index (κ3) is 5.91. The molecule has 0 aliphatic carbocycles. The normalized spacial score (nSPS) is 14.5. The number of aromatic nitrogens is 6. The third-order valence-electron chi connectivity index (χ3n) is 7.26. The van der Waals surface area contributed by atoms with Crippen molar-refractivity contribution in [2.24, 2.45) is 0 Å². The molecule has 10 nitrogen and oxygen atoms in total. The SMILES string of the molecule is CCCN1CCN(c2cncc(-c3cn(-c4cc(NC(=O)c5cc(C)n(C(C)(C)C)n5)ccc4C)nn3)c2)CC1. The van der Waals surface area contributed by atoms with Gasteiger partial charge in [0.25, 0.3) is 5.91 Å². The van der Waals surface area contributed by atoms with Crippen molar-refractivity contribution in [1.82, 2.24) is 34.7 Å². The number of carbonyl (C=O) groups excluding carboxylic acids is 1. The highest BCUT2D eigenvalue weighted by Gasteiger charge is 2.21. The van der Waals surface area contributed by atoms with Crippen LogP contribution in [0.1, 0.15) is 55.9 Å². The average molecular weight is 542 g/mol. The first-order chi connectivity index (χ1) is 19.1. The van der Waals surface area contributed by atoms with E-state index in [0.29, 0.717) is 11.4 Å². The van der Waals surface area contributed by atoms with Gasteiger partial charge in [-0.05, 0) is 77.4 Å². The molecule has 40 heavy (non-hydrogen) atoms. The molecule has 0 bridgehead atoms. The fraction of sp³-hybridized carbons (Fsp3) is 0.433. The zero-order valence-electron chi connectivity index (χ0n) is 24.3. The maximum Gasteiger partial charge on any atom is 0.276 e. The first-order valence-corrected chi connectivity index (χ1v) is 14.0. The summed E-state index contributed by atoms with van der Waals surface area (Å²) in [6.07, 6.45) is 6.84. The van der Waals surface area contributed by atoms with Gasteiger partial charge in [-0.3, -0.25) is 19.4 Å². The number of hydrogen-bond donors (Lipinski definition) is 1. The molecule has 0 spiro atoms. The average Bonchev–Trinajstić information content (AvgIpc) is 3.58. The van der Waals surface area contributed by atoms with E-state index in [4.69, 9.17) is 0 Å². The second-order valence-electron chi connectivity index (χ2n) is 11.5. The highest BCUT2D eigenvalue weighted by atomic mass is 16.2. The Morgan fingerprint density at radius 1 is 1.02 bits per heavy atom. The number of anilines is 2. The van der Waals surface area contributed by atoms with Crippen LogP contribution in [-0.4, -0.2) is 73.3 Å². The van der Waals surface area contributed by atoms with Crippen molar-refractivity contribution < 1.29 is 4.79 Å². The Bertz CT molecular complexity index is 1490. The second kappa shape index (κ2) is 11.2. The maximum absolute atomic E-state index is 13.0. The molecule has 10 heteroatoms. The molecule has 3 aromatic heterocycles. The Morgan fingerprint density at radius 2 is 1.80 bits per heavy atom. The quantitative estimate of drug-likeness (QED) is 0.363. The van der Waals surface area contributed by atoms with Crippen LogP contribution >= 0.6 is 0 Å². The Kier molecular flexibility index (Phi) is 7.71. The van der Waals surface area contributed by atoms with E-state index in [1.165, 1.54) is 6.42 Å². The maximum atomic E-state index is 13.0. The standard InChI is InChI=1S/C30H39N9O/c1-7-10-36-11-13-37(14-12-36)25-16-23(18-31-19-25)27-20-38(35-33-27)28-17-24(9-8-21(28)2)32-29(40)26-15-22(3)39(34-26)30(4,5)6/h8-9,15-20H,7,10-14H2,1-6H3,(H,32,40). The summed E-state index contributed by atoms with van der Waals surface area (Å²) in [5.41, 5.74) is 6.41. The van der Waals surface area contributed by atoms with Crippen LogP contribution in [0.15, 0.2) is 48.9 Å². The Labute approximate surface area is 236 Å². The highest BCUT2D eigenvalue weighted by Crippen LogP contribution is 2.25. The van der Waals surface area contributed by atoms with E-state index in [2.05, 4.69) is 69.3 Å². The zero-order valence-corrected chi connectivity index (χ0v) is 24.3. The molecule has 1 amide bonds. The summed E-state index contributed by atoms with van der Waals surface area (Å²) in [6, 6.07) is 9.71. The minimum Gasteiger partial charge on any atom is -0.368 e. The summed E-state index contributed by atoms with van der Waals surface area (Å²) >= 11 is 0. The lowest BCUT2D eigenvalue weighted by molar-refractivity contribution is 0.102. The molecule has 1 aromatic carbocycles. The van der Waals surface area contributed by atoms with Crippen LogP contribution in [0, 0.1) is 13.8 Å². The summed E-state index contributed by atoms with van der Waals surface area (Å²) in [6.45, 7) is 17.7. The summed E-state index contributed by atoms with van der Waals surface area (Å²) < 4.78 is 3.62. The number of nitrogens with zero attached hydrogens (tertiary/aromatic N) is 8. The summed E-state index contributed by atoms with van der Waals surface area (Å²) in [4.78, 5) is 22.4. The molecule has 5 rings (SSSR count). The van der Waals surface area contributed by atoms with Gasteiger partial charge in [-0.1, -0.05) is 18.2 Å². The van der Waals surface area contributed by atoms with E-state index in [1.54, 1.807) is 4.68 Å². The van der Waals surface area contributed by atoms with Crippen molar-refractivity contribution in [3.05, 3.63) is 65.9 Å². The van der Waals surface area contributed by atoms with Crippen LogP contribution in [0.5, 0.6) is 0 Å². The van der Waals surface area contributed by atoms with Crippen molar-refractivity contribution in [1.29, 1.82) is 0 Å². The minimum atomic E-state index is -0.251. The smallest absolute Gasteiger partial charge is 0.276 e. The van der Waals surface area contributed by atoms with Gasteiger partial charge >= 0.3 is 0 Å². The van der Waals surface area contributed by atoms with Gasteiger partial charge < -0.3 is 10.2 Å². The molecule has 0 saturated carbocycles. The topological polar surface area (TPSA) is 97.0 Å². The molecule has 1 aliphatic rings. The van der Waals surface area contributed by atoms with E-state index in [-0.39, 0.29) is 11.4 Å². The lowest BCUT2D eigenvalue weighted by Crippen LogP contribution is -2.46. The fourth-order valence-corrected chi connectivity index (χ4v) is 5.19. The Hall–Kier alpha value is -4.05. The molecule has 4 heterocycles. The number of aryl methyl sites for hydroxylation is 2. The largest absolute Gasteiger partial charge is 0.368 e. The minimum absolute atomic E-state index is 0.205. The van der Waals surface area contributed by atoms with Crippen LogP contribution in [0.4, 0.5) is 11.4 Å². The van der Waals surface area contributed by atoms with Gasteiger partial charge in [0.1, 0.15) is 5.69 Å². The summed E-state index contributed by atoms with van der Waals surface area (Å²) in [7, 11) is 0. The number of piperazine rings is 1. The number of carbonyl (C=O) groups is 1. The van der Waals surface area contributed by atoms with Gasteiger partial charge in [0.15, 0.2) is 5.69 Å². The molecular formula is C30H39N9O. The summed E-state index contributed by atoms with van der Waals surface area (Å²) in [5.74, 6) is -0.251. The number of amides is 1. The van der Waals surface area contributed by atoms with E-state index in [9.17, 15) is 4.79 Å². The van der Waals surface area contributed by atoms with Crippen molar-refractivity contribution >= 4 is 17.3 Å². The first kappa shape index (κ1) is 27.5. The van der Waals surface area contributed by atoms with Crippen molar-refractivity contribution in [3.8, 4) is 16.9 Å². The molecule has 0 unspecified atom stereocenters. The molecule has 1 fully saturated rings. The molecule has 1 saturated heterocycles. The predicted molar refractivity (Wildman–Crippen MR) is 158 cm³/mol. The molecule has 0 radical (unpaired) electrons. The number of rotatable bonds is 7. The number of hydrogen-bond acceptors (Lipinski definition) is 7. The van der Waals surface area contributed by atoms with E-state index in [0.717, 1.165) is 66.6 Å². The number of nitrogens with one attached hydrogen (secondary N) is 1. The van der Waals surface area contributed by atoms with Gasteiger partial charge in [0.05, 0.1) is 29.3 Å². The van der Waals surface area contributed by atoms with Gasteiger partial charge in [0, 0.05) is 49.3 Å². The Balaban J connectivity index is 1.32. The molecule has 0 atom stereocenters. The van der Waals surface area contributed by atoms with E-state index >= 15 is 0 Å². The van der Waals surface area contributed by atoms with Crippen LogP contribution in [0.25, 0.3) is 16.9 Å². The molecule has 1 aliphatic heterocycles.